The topological polar surface area (TPSA) is 38.1 Å². The average Bonchev–Trinajstić information content (AvgIpc) is 2.87. The molecule has 4 heteroatoms. The van der Waals surface area contributed by atoms with Gasteiger partial charge < -0.3 is 9.67 Å². The van der Waals surface area contributed by atoms with Crippen LogP contribution in [0.4, 0.5) is 4.39 Å². The Morgan fingerprint density at radius 1 is 1.39 bits per heavy atom. The van der Waals surface area contributed by atoms with Gasteiger partial charge in [-0.3, -0.25) is 0 Å². The first-order valence-electron chi connectivity index (χ1n) is 6.19. The van der Waals surface area contributed by atoms with Gasteiger partial charge in [-0.05, 0) is 18.4 Å². The Morgan fingerprint density at radius 2 is 2.17 bits per heavy atom. The molecule has 1 fully saturated rings. The van der Waals surface area contributed by atoms with Gasteiger partial charge in [-0.1, -0.05) is 24.3 Å². The lowest BCUT2D eigenvalue weighted by Gasteiger charge is -2.24. The van der Waals surface area contributed by atoms with E-state index < -0.39 is 11.8 Å². The lowest BCUT2D eigenvalue weighted by atomic mass is 9.96. The predicted octanol–water partition coefficient (Wildman–Crippen LogP) is 2.32. The number of hydrogen-bond donors (Lipinski definition) is 1. The van der Waals surface area contributed by atoms with Crippen LogP contribution in [0, 0.1) is 0 Å². The molecule has 0 radical (unpaired) electrons. The summed E-state index contributed by atoms with van der Waals surface area (Å²) in [6.45, 7) is 0. The van der Waals surface area contributed by atoms with E-state index in [1.807, 2.05) is 28.8 Å². The average molecular weight is 244 g/mol. The van der Waals surface area contributed by atoms with Crippen molar-refractivity contribution < 1.29 is 9.50 Å². The number of imidazole rings is 1. The van der Waals surface area contributed by atoms with Gasteiger partial charge in [0.25, 0.3) is 0 Å². The summed E-state index contributed by atoms with van der Waals surface area (Å²) in [5, 5.41) is 10.3. The summed E-state index contributed by atoms with van der Waals surface area (Å²) < 4.78 is 16.0. The summed E-state index contributed by atoms with van der Waals surface area (Å²) in [5.74, 6) is 0. The highest BCUT2D eigenvalue weighted by molar-refractivity contribution is 5.69. The molecule has 0 amide bonds. The molecule has 1 aliphatic heterocycles. The number of halogens is 1. The minimum Gasteiger partial charge on any atom is -0.387 e. The third kappa shape index (κ3) is 1.18. The Morgan fingerprint density at radius 3 is 2.94 bits per heavy atom. The maximum atomic E-state index is 14.2. The second kappa shape index (κ2) is 3.20. The summed E-state index contributed by atoms with van der Waals surface area (Å²) in [6.07, 6.45) is 3.36. The highest BCUT2D eigenvalue weighted by Gasteiger charge is 2.54. The largest absolute Gasteiger partial charge is 0.387 e. The van der Waals surface area contributed by atoms with E-state index in [0.29, 0.717) is 12.8 Å². The van der Waals surface area contributed by atoms with Crippen LogP contribution in [0.25, 0.3) is 11.3 Å². The van der Waals surface area contributed by atoms with Crippen LogP contribution in [0.3, 0.4) is 0 Å². The SMILES string of the molecule is O[C@H]([C@@H]1c2ccccc2-c2cncn21)C1(F)CC1. The van der Waals surface area contributed by atoms with Crippen molar-refractivity contribution in [3.05, 3.63) is 42.4 Å². The number of aliphatic hydroxyl groups excluding tert-OH is 1. The van der Waals surface area contributed by atoms with E-state index in [2.05, 4.69) is 4.98 Å². The lowest BCUT2D eigenvalue weighted by molar-refractivity contribution is 0.0330. The maximum absolute atomic E-state index is 14.2. The van der Waals surface area contributed by atoms with Crippen molar-refractivity contribution in [3.63, 3.8) is 0 Å². The highest BCUT2D eigenvalue weighted by atomic mass is 19.1. The van der Waals surface area contributed by atoms with Crippen LogP contribution in [-0.2, 0) is 0 Å². The fourth-order valence-corrected chi connectivity index (χ4v) is 2.89. The van der Waals surface area contributed by atoms with E-state index >= 15 is 0 Å². The van der Waals surface area contributed by atoms with Crippen molar-refractivity contribution in [3.8, 4) is 11.3 Å². The summed E-state index contributed by atoms with van der Waals surface area (Å²) in [5.41, 5.74) is 1.58. The van der Waals surface area contributed by atoms with E-state index in [9.17, 15) is 9.50 Å². The minimum atomic E-state index is -1.41. The normalized spacial score (nSPS) is 24.4. The van der Waals surface area contributed by atoms with E-state index in [1.165, 1.54) is 0 Å². The number of benzene rings is 1. The number of aromatic nitrogens is 2. The zero-order valence-electron chi connectivity index (χ0n) is 9.75. The van der Waals surface area contributed by atoms with E-state index in [1.54, 1.807) is 12.5 Å². The molecule has 2 aliphatic rings. The second-order valence-corrected chi connectivity index (χ2v) is 5.20. The molecule has 0 bridgehead atoms. The van der Waals surface area contributed by atoms with Gasteiger partial charge in [-0.25, -0.2) is 9.37 Å². The molecule has 4 rings (SSSR count). The molecule has 0 spiro atoms. The van der Waals surface area contributed by atoms with Crippen molar-refractivity contribution in [2.45, 2.75) is 30.7 Å². The third-order valence-electron chi connectivity index (χ3n) is 4.08. The standard InChI is InChI=1S/C14H13FN2O/c15-14(5-6-14)13(18)12-10-4-2-1-3-9(10)11-7-16-8-17(11)12/h1-4,7-8,12-13,18H,5-6H2/t12-,13+/m0/s1. The van der Waals surface area contributed by atoms with Crippen LogP contribution in [0.15, 0.2) is 36.8 Å². The molecule has 1 N–H and O–H groups in total. The van der Waals surface area contributed by atoms with Gasteiger partial charge in [0, 0.05) is 5.56 Å². The van der Waals surface area contributed by atoms with Crippen LogP contribution in [-0.4, -0.2) is 26.4 Å². The summed E-state index contributed by atoms with van der Waals surface area (Å²) in [6, 6.07) is 7.49. The van der Waals surface area contributed by atoms with Gasteiger partial charge in [-0.2, -0.15) is 0 Å². The molecule has 3 nitrogen and oxygen atoms in total. The number of hydrogen-bond acceptors (Lipinski definition) is 2. The van der Waals surface area contributed by atoms with Crippen LogP contribution in [0.1, 0.15) is 24.4 Å². The molecule has 1 aromatic carbocycles. The van der Waals surface area contributed by atoms with Crippen molar-refractivity contribution >= 4 is 0 Å². The summed E-state index contributed by atoms with van der Waals surface area (Å²) in [4.78, 5) is 4.11. The maximum Gasteiger partial charge on any atom is 0.139 e. The predicted molar refractivity (Wildman–Crippen MR) is 64.9 cm³/mol. The molecular weight excluding hydrogens is 231 g/mol. The van der Waals surface area contributed by atoms with Crippen LogP contribution >= 0.6 is 0 Å². The van der Waals surface area contributed by atoms with Crippen molar-refractivity contribution in [1.29, 1.82) is 0 Å². The van der Waals surface area contributed by atoms with E-state index in [4.69, 9.17) is 0 Å². The molecule has 1 saturated carbocycles. The number of nitrogens with zero attached hydrogens (tertiary/aromatic N) is 2. The summed E-state index contributed by atoms with van der Waals surface area (Å²) in [7, 11) is 0. The van der Waals surface area contributed by atoms with E-state index in [0.717, 1.165) is 16.8 Å². The van der Waals surface area contributed by atoms with Crippen molar-refractivity contribution in [2.24, 2.45) is 0 Å². The van der Waals surface area contributed by atoms with E-state index in [-0.39, 0.29) is 6.04 Å². The van der Waals surface area contributed by atoms with Gasteiger partial charge >= 0.3 is 0 Å². The van der Waals surface area contributed by atoms with Gasteiger partial charge in [0.15, 0.2) is 0 Å². The molecule has 18 heavy (non-hydrogen) atoms. The molecular formula is C14H13FN2O. The first-order valence-corrected chi connectivity index (χ1v) is 6.19. The first-order chi connectivity index (χ1) is 8.71. The summed E-state index contributed by atoms with van der Waals surface area (Å²) >= 11 is 0. The fourth-order valence-electron chi connectivity index (χ4n) is 2.89. The molecule has 1 aromatic heterocycles. The minimum absolute atomic E-state index is 0.341. The quantitative estimate of drug-likeness (QED) is 0.880. The number of fused-ring (bicyclic) bond motifs is 3. The second-order valence-electron chi connectivity index (χ2n) is 5.20. The molecule has 1 aliphatic carbocycles. The Bertz CT molecular complexity index is 618. The van der Waals surface area contributed by atoms with Gasteiger partial charge in [-0.15, -0.1) is 0 Å². The van der Waals surface area contributed by atoms with Gasteiger partial charge in [0.1, 0.15) is 11.8 Å². The van der Waals surface area contributed by atoms with Crippen LogP contribution in [0.5, 0.6) is 0 Å². The monoisotopic (exact) mass is 244 g/mol. The number of aliphatic hydroxyl groups is 1. The highest BCUT2D eigenvalue weighted by Crippen LogP contribution is 2.51. The number of alkyl halides is 1. The molecule has 0 unspecified atom stereocenters. The lowest BCUT2D eigenvalue weighted by Crippen LogP contribution is -2.33. The molecule has 0 saturated heterocycles. The zero-order chi connectivity index (χ0) is 12.3. The third-order valence-corrected chi connectivity index (χ3v) is 4.08. The molecule has 92 valence electrons. The Hall–Kier alpha value is -1.68. The van der Waals surface area contributed by atoms with Crippen molar-refractivity contribution in [1.82, 2.24) is 9.55 Å². The van der Waals surface area contributed by atoms with Crippen molar-refractivity contribution in [2.75, 3.05) is 0 Å². The molecule has 2 atom stereocenters. The Labute approximate surface area is 104 Å². The molecule has 2 heterocycles. The molecule has 2 aromatic rings. The Kier molecular flexibility index (Phi) is 1.83. The smallest absolute Gasteiger partial charge is 0.139 e. The first kappa shape index (κ1) is 10.3. The zero-order valence-corrected chi connectivity index (χ0v) is 9.75. The number of rotatable bonds is 2. The Balaban J connectivity index is 1.89. The van der Waals surface area contributed by atoms with Crippen LogP contribution in [0.2, 0.25) is 0 Å². The fraction of sp³-hybridized carbons (Fsp3) is 0.357. The van der Waals surface area contributed by atoms with Gasteiger partial charge in [0.2, 0.25) is 0 Å². The van der Waals surface area contributed by atoms with Gasteiger partial charge in [0.05, 0.1) is 24.3 Å². The van der Waals surface area contributed by atoms with Crippen LogP contribution < -0.4 is 0 Å².